The molecule has 0 saturated heterocycles. The predicted molar refractivity (Wildman–Crippen MR) is 81.1 cm³/mol. The molecule has 2 aromatic rings. The van der Waals surface area contributed by atoms with E-state index in [9.17, 15) is 10.2 Å². The van der Waals surface area contributed by atoms with Crippen LogP contribution in [-0.4, -0.2) is 29.2 Å². The van der Waals surface area contributed by atoms with Crippen molar-refractivity contribution in [2.45, 2.75) is 19.8 Å². The van der Waals surface area contributed by atoms with Crippen molar-refractivity contribution in [3.8, 4) is 11.1 Å². The van der Waals surface area contributed by atoms with E-state index in [0.717, 1.165) is 28.8 Å². The minimum Gasteiger partial charge on any atom is -0.392 e. The van der Waals surface area contributed by atoms with Gasteiger partial charge >= 0.3 is 0 Å². The van der Waals surface area contributed by atoms with Crippen LogP contribution in [0.2, 0.25) is 0 Å². The topological polar surface area (TPSA) is 43.7 Å². The van der Waals surface area contributed by atoms with Gasteiger partial charge in [0.2, 0.25) is 0 Å². The average Bonchev–Trinajstić information content (AvgIpc) is 2.46. The first-order valence-electron chi connectivity index (χ1n) is 6.71. The van der Waals surface area contributed by atoms with Gasteiger partial charge in [0.1, 0.15) is 0 Å². The molecule has 2 N–H and O–H groups in total. The molecule has 106 valence electrons. The third-order valence-electron chi connectivity index (χ3n) is 3.26. The lowest BCUT2D eigenvalue weighted by atomic mass is 9.96. The summed E-state index contributed by atoms with van der Waals surface area (Å²) >= 11 is 0. The first-order valence-corrected chi connectivity index (χ1v) is 6.71. The van der Waals surface area contributed by atoms with Gasteiger partial charge in [-0.2, -0.15) is 0 Å². The van der Waals surface area contributed by atoms with Gasteiger partial charge in [-0.05, 0) is 48.0 Å². The first kappa shape index (κ1) is 14.7. The van der Waals surface area contributed by atoms with Crippen LogP contribution in [0.25, 0.3) is 11.1 Å². The highest BCUT2D eigenvalue weighted by atomic mass is 16.3. The lowest BCUT2D eigenvalue weighted by Gasteiger charge is -2.14. The summed E-state index contributed by atoms with van der Waals surface area (Å²) in [5.41, 5.74) is 5.02. The van der Waals surface area contributed by atoms with E-state index >= 15 is 0 Å². The summed E-state index contributed by atoms with van der Waals surface area (Å²) in [6.45, 7) is 0.894. The predicted octanol–water partition coefficient (Wildman–Crippen LogP) is 2.40. The van der Waals surface area contributed by atoms with Crippen LogP contribution >= 0.6 is 0 Å². The molecule has 0 saturated carbocycles. The third kappa shape index (κ3) is 3.45. The minimum absolute atomic E-state index is 0.0138. The Kier molecular flexibility index (Phi) is 4.90. The van der Waals surface area contributed by atoms with Crippen molar-refractivity contribution >= 4 is 0 Å². The summed E-state index contributed by atoms with van der Waals surface area (Å²) in [6.07, 6.45) is 0. The van der Waals surface area contributed by atoms with Crippen LogP contribution in [0.4, 0.5) is 0 Å². The molecule has 0 aliphatic heterocycles. The number of rotatable bonds is 5. The van der Waals surface area contributed by atoms with Gasteiger partial charge in [0.05, 0.1) is 13.2 Å². The summed E-state index contributed by atoms with van der Waals surface area (Å²) in [5, 5.41) is 18.8. The van der Waals surface area contributed by atoms with Gasteiger partial charge in [-0.25, -0.2) is 0 Å². The summed E-state index contributed by atoms with van der Waals surface area (Å²) in [7, 11) is 4.05. The number of aliphatic hydroxyl groups is 2. The number of benzene rings is 2. The smallest absolute Gasteiger partial charge is 0.0687 e. The molecule has 0 fully saturated rings. The zero-order chi connectivity index (χ0) is 14.5. The normalized spacial score (nSPS) is 11.1. The van der Waals surface area contributed by atoms with Crippen molar-refractivity contribution in [2.75, 3.05) is 14.1 Å². The number of aliphatic hydroxyl groups excluding tert-OH is 2. The van der Waals surface area contributed by atoms with E-state index in [4.69, 9.17) is 0 Å². The summed E-state index contributed by atoms with van der Waals surface area (Å²) in [5.74, 6) is 0. The molecule has 0 aliphatic carbocycles. The Bertz CT molecular complexity index is 579. The molecular formula is C17H21NO2. The highest BCUT2D eigenvalue weighted by Crippen LogP contribution is 2.26. The highest BCUT2D eigenvalue weighted by Gasteiger charge is 2.07. The van der Waals surface area contributed by atoms with Crippen LogP contribution < -0.4 is 0 Å². The van der Waals surface area contributed by atoms with Crippen LogP contribution in [0.3, 0.4) is 0 Å². The largest absolute Gasteiger partial charge is 0.392 e. The van der Waals surface area contributed by atoms with Crippen LogP contribution in [0.1, 0.15) is 16.7 Å². The van der Waals surface area contributed by atoms with E-state index in [1.54, 1.807) is 0 Å². The molecule has 3 nitrogen and oxygen atoms in total. The second-order valence-corrected chi connectivity index (χ2v) is 5.25. The Morgan fingerprint density at radius 2 is 1.70 bits per heavy atom. The van der Waals surface area contributed by atoms with Crippen LogP contribution in [-0.2, 0) is 19.8 Å². The molecule has 0 radical (unpaired) electrons. The van der Waals surface area contributed by atoms with Crippen LogP contribution in [0.15, 0.2) is 42.5 Å². The van der Waals surface area contributed by atoms with E-state index in [2.05, 4.69) is 11.0 Å². The molecule has 0 bridgehead atoms. The van der Waals surface area contributed by atoms with Gasteiger partial charge < -0.3 is 15.1 Å². The second-order valence-electron chi connectivity index (χ2n) is 5.25. The summed E-state index contributed by atoms with van der Waals surface area (Å²) in [4.78, 5) is 2.10. The van der Waals surface area contributed by atoms with Gasteiger partial charge in [0, 0.05) is 6.54 Å². The lowest BCUT2D eigenvalue weighted by molar-refractivity contribution is 0.281. The monoisotopic (exact) mass is 271 g/mol. The molecule has 0 amide bonds. The zero-order valence-electron chi connectivity index (χ0n) is 12.0. The Morgan fingerprint density at radius 3 is 2.35 bits per heavy atom. The van der Waals surface area contributed by atoms with Crippen LogP contribution in [0, 0.1) is 0 Å². The Morgan fingerprint density at radius 1 is 0.900 bits per heavy atom. The maximum absolute atomic E-state index is 9.60. The minimum atomic E-state index is 0.0138. The van der Waals surface area contributed by atoms with Crippen molar-refractivity contribution < 1.29 is 10.2 Å². The average molecular weight is 271 g/mol. The summed E-state index contributed by atoms with van der Waals surface area (Å²) in [6, 6.07) is 13.9. The van der Waals surface area contributed by atoms with Gasteiger partial charge in [0.15, 0.2) is 0 Å². The van der Waals surface area contributed by atoms with Crippen molar-refractivity contribution in [3.63, 3.8) is 0 Å². The maximum Gasteiger partial charge on any atom is 0.0687 e. The molecule has 20 heavy (non-hydrogen) atoms. The molecule has 0 aliphatic rings. The molecule has 2 rings (SSSR count). The van der Waals surface area contributed by atoms with Crippen molar-refractivity contribution in [1.29, 1.82) is 0 Å². The van der Waals surface area contributed by atoms with E-state index in [1.165, 1.54) is 5.56 Å². The molecule has 0 heterocycles. The fourth-order valence-corrected chi connectivity index (χ4v) is 2.36. The first-order chi connectivity index (χ1) is 9.63. The quantitative estimate of drug-likeness (QED) is 0.877. The van der Waals surface area contributed by atoms with Gasteiger partial charge in [-0.1, -0.05) is 36.4 Å². The van der Waals surface area contributed by atoms with Crippen LogP contribution in [0.5, 0.6) is 0 Å². The fraction of sp³-hybridized carbons (Fsp3) is 0.294. The Hall–Kier alpha value is -1.68. The molecule has 0 atom stereocenters. The zero-order valence-corrected chi connectivity index (χ0v) is 12.0. The molecule has 0 unspecified atom stereocenters. The number of hydrogen-bond donors (Lipinski definition) is 2. The van der Waals surface area contributed by atoms with Gasteiger partial charge in [0.25, 0.3) is 0 Å². The maximum atomic E-state index is 9.60. The highest BCUT2D eigenvalue weighted by molar-refractivity contribution is 5.68. The van der Waals surface area contributed by atoms with Crippen molar-refractivity contribution in [1.82, 2.24) is 4.90 Å². The molecular weight excluding hydrogens is 250 g/mol. The van der Waals surface area contributed by atoms with E-state index in [1.807, 2.05) is 50.5 Å². The fourth-order valence-electron chi connectivity index (χ4n) is 2.36. The third-order valence-corrected chi connectivity index (χ3v) is 3.26. The molecule has 3 heteroatoms. The van der Waals surface area contributed by atoms with E-state index in [-0.39, 0.29) is 13.2 Å². The van der Waals surface area contributed by atoms with Crippen molar-refractivity contribution in [3.05, 3.63) is 59.2 Å². The SMILES string of the molecule is CN(C)Cc1ccc(-c2cccc(CO)c2)c(CO)c1. The van der Waals surface area contributed by atoms with E-state index in [0.29, 0.717) is 0 Å². The molecule has 0 spiro atoms. The number of hydrogen-bond acceptors (Lipinski definition) is 3. The molecule has 0 aromatic heterocycles. The summed E-state index contributed by atoms with van der Waals surface area (Å²) < 4.78 is 0. The van der Waals surface area contributed by atoms with Crippen molar-refractivity contribution in [2.24, 2.45) is 0 Å². The van der Waals surface area contributed by atoms with Gasteiger partial charge in [-0.15, -0.1) is 0 Å². The number of nitrogens with zero attached hydrogens (tertiary/aromatic N) is 1. The molecule has 2 aromatic carbocycles. The van der Waals surface area contributed by atoms with E-state index < -0.39 is 0 Å². The Balaban J connectivity index is 2.40. The second kappa shape index (κ2) is 6.66. The van der Waals surface area contributed by atoms with Gasteiger partial charge in [-0.3, -0.25) is 0 Å². The lowest BCUT2D eigenvalue weighted by Crippen LogP contribution is -2.11. The standard InChI is InChI=1S/C17H21NO2/c1-18(2)10-13-6-7-17(16(8-13)12-20)15-5-3-4-14(9-15)11-19/h3-9,19-20H,10-12H2,1-2H3. The Labute approximate surface area is 120 Å².